The van der Waals surface area contributed by atoms with Crippen molar-refractivity contribution in [2.45, 2.75) is 32.4 Å². The molecule has 1 aromatic carbocycles. The molecule has 1 N–H and O–H groups in total. The van der Waals surface area contributed by atoms with Crippen LogP contribution in [-0.2, 0) is 6.54 Å². The third-order valence-electron chi connectivity index (χ3n) is 3.65. The number of likely N-dealkylation sites (N-methyl/N-ethyl adjacent to an activating group) is 1. The quantitative estimate of drug-likeness (QED) is 0.890. The minimum atomic E-state index is 0.663. The molecule has 0 spiro atoms. The first kappa shape index (κ1) is 14.1. The Hall–Kier alpha value is -0.280. The lowest BCUT2D eigenvalue weighted by Crippen LogP contribution is -2.37. The first-order chi connectivity index (χ1) is 8.72. The summed E-state index contributed by atoms with van der Waals surface area (Å²) in [7, 11) is 0. The van der Waals surface area contributed by atoms with Crippen molar-refractivity contribution in [3.05, 3.63) is 33.8 Å². The molecule has 0 radical (unpaired) electrons. The van der Waals surface area contributed by atoms with Crippen LogP contribution >= 0.6 is 23.2 Å². The minimum absolute atomic E-state index is 0.663. The predicted molar refractivity (Wildman–Crippen MR) is 78.4 cm³/mol. The Balaban J connectivity index is 1.85. The molecule has 2 nitrogen and oxygen atoms in total. The molecule has 1 aromatic rings. The molecule has 1 atom stereocenters. The van der Waals surface area contributed by atoms with Crippen LogP contribution in [0.15, 0.2) is 18.2 Å². The summed E-state index contributed by atoms with van der Waals surface area (Å²) >= 11 is 12.3. The summed E-state index contributed by atoms with van der Waals surface area (Å²) in [5.41, 5.74) is 1.00. The van der Waals surface area contributed by atoms with Gasteiger partial charge < -0.3 is 5.32 Å². The van der Waals surface area contributed by atoms with Gasteiger partial charge in [-0.05, 0) is 38.1 Å². The van der Waals surface area contributed by atoms with Gasteiger partial charge in [-0.15, -0.1) is 0 Å². The average molecular weight is 287 g/mol. The highest BCUT2D eigenvalue weighted by molar-refractivity contribution is 6.35. The number of hydrogen-bond acceptors (Lipinski definition) is 2. The molecule has 4 heteroatoms. The van der Waals surface area contributed by atoms with E-state index in [-0.39, 0.29) is 0 Å². The van der Waals surface area contributed by atoms with Crippen LogP contribution in [0.2, 0.25) is 10.0 Å². The van der Waals surface area contributed by atoms with E-state index in [1.807, 2.05) is 18.2 Å². The second-order valence-electron chi connectivity index (χ2n) is 4.76. The Kier molecular flexibility index (Phi) is 5.31. The van der Waals surface area contributed by atoms with Crippen molar-refractivity contribution < 1.29 is 0 Å². The summed E-state index contributed by atoms with van der Waals surface area (Å²) < 4.78 is 0. The van der Waals surface area contributed by atoms with E-state index in [9.17, 15) is 0 Å². The molecule has 100 valence electrons. The summed E-state index contributed by atoms with van der Waals surface area (Å²) in [5.74, 6) is 0. The number of nitrogens with one attached hydrogen (secondary N) is 1. The van der Waals surface area contributed by atoms with Crippen LogP contribution in [0.25, 0.3) is 0 Å². The molecule has 0 aromatic heterocycles. The van der Waals surface area contributed by atoms with Crippen LogP contribution in [0.5, 0.6) is 0 Å². The molecular formula is C14H20Cl2N2. The van der Waals surface area contributed by atoms with Gasteiger partial charge in [-0.2, -0.15) is 0 Å². The fourth-order valence-electron chi connectivity index (χ4n) is 2.61. The lowest BCUT2D eigenvalue weighted by Gasteiger charge is -2.23. The van der Waals surface area contributed by atoms with Crippen LogP contribution in [0.3, 0.4) is 0 Å². The summed E-state index contributed by atoms with van der Waals surface area (Å²) in [4.78, 5) is 2.53. The third kappa shape index (κ3) is 3.39. The van der Waals surface area contributed by atoms with E-state index in [0.717, 1.165) is 35.2 Å². The Labute approximate surface area is 119 Å². The number of nitrogens with zero attached hydrogens (tertiary/aromatic N) is 1. The van der Waals surface area contributed by atoms with Gasteiger partial charge in [0.05, 0.1) is 0 Å². The highest BCUT2D eigenvalue weighted by atomic mass is 35.5. The fraction of sp³-hybridized carbons (Fsp3) is 0.571. The van der Waals surface area contributed by atoms with E-state index in [4.69, 9.17) is 23.2 Å². The van der Waals surface area contributed by atoms with Gasteiger partial charge in [0.2, 0.25) is 0 Å². The summed E-state index contributed by atoms with van der Waals surface area (Å²) in [6.45, 7) is 6.35. The second kappa shape index (κ2) is 6.76. The van der Waals surface area contributed by atoms with Gasteiger partial charge in [0.1, 0.15) is 0 Å². The van der Waals surface area contributed by atoms with Crippen molar-refractivity contribution in [2.24, 2.45) is 0 Å². The maximum Gasteiger partial charge on any atom is 0.0465 e. The van der Waals surface area contributed by atoms with Gasteiger partial charge in [0.15, 0.2) is 0 Å². The third-order valence-corrected chi connectivity index (χ3v) is 4.36. The lowest BCUT2D eigenvalue weighted by atomic mass is 10.2. The first-order valence-electron chi connectivity index (χ1n) is 6.60. The SMILES string of the molecule is CCN1CCCC1CNCc1c(Cl)cccc1Cl. The topological polar surface area (TPSA) is 15.3 Å². The van der Waals surface area contributed by atoms with Gasteiger partial charge in [0.25, 0.3) is 0 Å². The summed E-state index contributed by atoms with van der Waals surface area (Å²) in [5, 5.41) is 4.97. The Morgan fingerprint density at radius 1 is 1.33 bits per heavy atom. The Bertz CT molecular complexity index is 375. The molecule has 1 saturated heterocycles. The number of hydrogen-bond donors (Lipinski definition) is 1. The van der Waals surface area contributed by atoms with Gasteiger partial charge in [0, 0.05) is 34.7 Å². The molecule has 0 amide bonds. The number of halogens is 2. The van der Waals surface area contributed by atoms with Crippen LogP contribution < -0.4 is 5.32 Å². The van der Waals surface area contributed by atoms with Crippen LogP contribution in [0.1, 0.15) is 25.3 Å². The van der Waals surface area contributed by atoms with Gasteiger partial charge >= 0.3 is 0 Å². The van der Waals surface area contributed by atoms with Crippen LogP contribution in [0.4, 0.5) is 0 Å². The molecule has 0 aliphatic carbocycles. The maximum atomic E-state index is 6.15. The zero-order valence-corrected chi connectivity index (χ0v) is 12.3. The highest BCUT2D eigenvalue weighted by Crippen LogP contribution is 2.24. The summed E-state index contributed by atoms with van der Waals surface area (Å²) in [6.07, 6.45) is 2.60. The average Bonchev–Trinajstić information content (AvgIpc) is 2.80. The van der Waals surface area contributed by atoms with E-state index >= 15 is 0 Å². The normalized spacial score (nSPS) is 20.5. The highest BCUT2D eigenvalue weighted by Gasteiger charge is 2.22. The molecule has 1 unspecified atom stereocenters. The summed E-state index contributed by atoms with van der Waals surface area (Å²) in [6, 6.07) is 6.32. The second-order valence-corrected chi connectivity index (χ2v) is 5.57. The molecule has 1 heterocycles. The minimum Gasteiger partial charge on any atom is -0.311 e. The van der Waals surface area contributed by atoms with Crippen LogP contribution in [-0.4, -0.2) is 30.6 Å². The van der Waals surface area contributed by atoms with E-state index < -0.39 is 0 Å². The van der Waals surface area contributed by atoms with Crippen molar-refractivity contribution in [3.8, 4) is 0 Å². The van der Waals surface area contributed by atoms with E-state index in [2.05, 4.69) is 17.1 Å². The molecule has 0 saturated carbocycles. The number of likely N-dealkylation sites (tertiary alicyclic amines) is 1. The zero-order chi connectivity index (χ0) is 13.0. The molecule has 1 aliphatic heterocycles. The molecule has 18 heavy (non-hydrogen) atoms. The van der Waals surface area contributed by atoms with E-state index in [0.29, 0.717) is 6.04 Å². The zero-order valence-electron chi connectivity index (χ0n) is 10.8. The Morgan fingerprint density at radius 2 is 2.06 bits per heavy atom. The predicted octanol–water partition coefficient (Wildman–Crippen LogP) is 3.57. The van der Waals surface area contributed by atoms with Crippen molar-refractivity contribution in [1.29, 1.82) is 0 Å². The lowest BCUT2D eigenvalue weighted by molar-refractivity contribution is 0.260. The van der Waals surface area contributed by atoms with Gasteiger partial charge in [-0.3, -0.25) is 4.90 Å². The molecule has 2 rings (SSSR count). The monoisotopic (exact) mass is 286 g/mol. The van der Waals surface area contributed by atoms with Crippen molar-refractivity contribution in [1.82, 2.24) is 10.2 Å². The Morgan fingerprint density at radius 3 is 2.72 bits per heavy atom. The van der Waals surface area contributed by atoms with Crippen LogP contribution in [0, 0.1) is 0 Å². The first-order valence-corrected chi connectivity index (χ1v) is 7.35. The van der Waals surface area contributed by atoms with Gasteiger partial charge in [-0.25, -0.2) is 0 Å². The van der Waals surface area contributed by atoms with E-state index in [1.165, 1.54) is 19.4 Å². The standard InChI is InChI=1S/C14H20Cl2N2/c1-2-18-8-4-5-11(18)9-17-10-12-13(15)6-3-7-14(12)16/h3,6-7,11,17H,2,4-5,8-10H2,1H3. The van der Waals surface area contributed by atoms with Crippen molar-refractivity contribution >= 4 is 23.2 Å². The van der Waals surface area contributed by atoms with Gasteiger partial charge in [-0.1, -0.05) is 36.2 Å². The largest absolute Gasteiger partial charge is 0.311 e. The molecule has 1 aliphatic rings. The smallest absolute Gasteiger partial charge is 0.0465 e. The number of rotatable bonds is 5. The van der Waals surface area contributed by atoms with Crippen molar-refractivity contribution in [3.63, 3.8) is 0 Å². The molecule has 1 fully saturated rings. The maximum absolute atomic E-state index is 6.15. The fourth-order valence-corrected chi connectivity index (χ4v) is 3.14. The molecular weight excluding hydrogens is 267 g/mol. The number of benzene rings is 1. The van der Waals surface area contributed by atoms with E-state index in [1.54, 1.807) is 0 Å². The molecule has 0 bridgehead atoms. The van der Waals surface area contributed by atoms with Crippen molar-refractivity contribution in [2.75, 3.05) is 19.6 Å².